The highest BCUT2D eigenvalue weighted by molar-refractivity contribution is 5.75. The topological polar surface area (TPSA) is 72.5 Å². The number of hydrogen-bond acceptors (Lipinski definition) is 3. The van der Waals surface area contributed by atoms with E-state index in [1.165, 1.54) is 0 Å². The second kappa shape index (κ2) is 2.32. The van der Waals surface area contributed by atoms with Crippen molar-refractivity contribution in [2.24, 2.45) is 10.9 Å². The molecular weight excluding hydrogens is 84.0 g/mol. The van der Waals surface area contributed by atoms with Gasteiger partial charge in [0.2, 0.25) is 5.91 Å². The van der Waals surface area contributed by atoms with Crippen molar-refractivity contribution in [3.63, 3.8) is 0 Å². The van der Waals surface area contributed by atoms with Crippen molar-refractivity contribution in [3.8, 4) is 0 Å². The quantitative estimate of drug-likeness (QED) is 0.450. The highest BCUT2D eigenvalue weighted by atomic mass is 16.3. The van der Waals surface area contributed by atoms with Gasteiger partial charge in [-0.25, -0.2) is 0 Å². The monoisotopic (exact) mass is 88.0 g/mol. The van der Waals surface area contributed by atoms with Gasteiger partial charge < -0.3 is 5.73 Å². The minimum absolute atomic E-state index is 0.417. The Balaban J connectivity index is 3.05. The van der Waals surface area contributed by atoms with Crippen LogP contribution in [0.25, 0.3) is 0 Å². The third kappa shape index (κ3) is 3.07. The van der Waals surface area contributed by atoms with Crippen molar-refractivity contribution in [2.45, 2.75) is 0 Å². The molecule has 0 aromatic heterocycles. The van der Waals surface area contributed by atoms with Crippen LogP contribution in [0, 0.1) is 4.91 Å². The molecule has 0 atom stereocenters. The zero-order chi connectivity index (χ0) is 4.99. The fraction of sp³-hybridized carbons (Fsp3) is 0.500. The highest BCUT2D eigenvalue weighted by Gasteiger charge is 1.85. The molecule has 1 amide bonds. The fourth-order valence-electron chi connectivity index (χ4n) is 0.0636. The first-order valence-corrected chi connectivity index (χ1v) is 1.35. The lowest BCUT2D eigenvalue weighted by Gasteiger charge is -1.72. The van der Waals surface area contributed by atoms with Gasteiger partial charge in [-0.1, -0.05) is 5.18 Å². The maximum Gasteiger partial charge on any atom is 0.242 e. The maximum absolute atomic E-state index is 9.53. The number of carbonyl (C=O) groups is 1. The van der Waals surface area contributed by atoms with E-state index in [-0.39, 0.29) is 0 Å². The van der Waals surface area contributed by atoms with Crippen molar-refractivity contribution < 1.29 is 4.79 Å². The Hall–Kier alpha value is -0.930. The molecule has 0 rings (SSSR count). The summed E-state index contributed by atoms with van der Waals surface area (Å²) in [7, 11) is 0. The Labute approximate surface area is 34.3 Å². The predicted molar refractivity (Wildman–Crippen MR) is 19.9 cm³/mol. The third-order valence-electron chi connectivity index (χ3n) is 0.220. The SMILES string of the molecule is NC(=O)CN=O. The van der Waals surface area contributed by atoms with Gasteiger partial charge in [0.15, 0.2) is 6.54 Å². The molecule has 4 heteroatoms. The van der Waals surface area contributed by atoms with Gasteiger partial charge in [0.25, 0.3) is 0 Å². The molecular formula is C2H4N2O2. The molecule has 0 radical (unpaired) electrons. The number of amides is 1. The molecule has 0 saturated carbocycles. The Morgan fingerprint density at radius 2 is 2.33 bits per heavy atom. The number of nitrogens with zero attached hydrogens (tertiary/aromatic N) is 1. The zero-order valence-electron chi connectivity index (χ0n) is 3.05. The van der Waals surface area contributed by atoms with E-state index in [0.717, 1.165) is 0 Å². The summed E-state index contributed by atoms with van der Waals surface area (Å²) >= 11 is 0. The highest BCUT2D eigenvalue weighted by Crippen LogP contribution is 1.58. The van der Waals surface area contributed by atoms with E-state index in [0.29, 0.717) is 0 Å². The maximum atomic E-state index is 9.53. The van der Waals surface area contributed by atoms with E-state index in [2.05, 4.69) is 10.9 Å². The molecule has 0 aliphatic carbocycles. The van der Waals surface area contributed by atoms with Gasteiger partial charge >= 0.3 is 0 Å². The van der Waals surface area contributed by atoms with Gasteiger partial charge in [0, 0.05) is 0 Å². The Kier molecular flexibility index (Phi) is 1.96. The van der Waals surface area contributed by atoms with Crippen molar-refractivity contribution in [2.75, 3.05) is 6.54 Å². The Bertz CT molecular complexity index is 69.9. The molecule has 0 unspecified atom stereocenters. The van der Waals surface area contributed by atoms with E-state index in [9.17, 15) is 4.79 Å². The normalized spacial score (nSPS) is 7.33. The van der Waals surface area contributed by atoms with E-state index in [1.54, 1.807) is 0 Å². The van der Waals surface area contributed by atoms with Crippen molar-refractivity contribution in [3.05, 3.63) is 4.91 Å². The summed E-state index contributed by atoms with van der Waals surface area (Å²) in [5.41, 5.74) is 4.47. The first-order chi connectivity index (χ1) is 2.77. The molecule has 6 heavy (non-hydrogen) atoms. The van der Waals surface area contributed by atoms with Crippen LogP contribution in [0.2, 0.25) is 0 Å². The lowest BCUT2D eigenvalue weighted by Crippen LogP contribution is -2.13. The third-order valence-corrected chi connectivity index (χ3v) is 0.220. The first-order valence-electron chi connectivity index (χ1n) is 1.35. The number of hydrogen-bond donors (Lipinski definition) is 1. The van der Waals surface area contributed by atoms with Crippen LogP contribution in [-0.4, -0.2) is 12.5 Å². The van der Waals surface area contributed by atoms with Gasteiger partial charge in [0.05, 0.1) is 0 Å². The van der Waals surface area contributed by atoms with E-state index >= 15 is 0 Å². The largest absolute Gasteiger partial charge is 0.368 e. The predicted octanol–water partition coefficient (Wildman–Crippen LogP) is -0.762. The average Bonchev–Trinajstić information content (AvgIpc) is 1.35. The zero-order valence-corrected chi connectivity index (χ0v) is 3.05. The van der Waals surface area contributed by atoms with Crippen molar-refractivity contribution in [1.29, 1.82) is 0 Å². The summed E-state index contributed by atoms with van der Waals surface area (Å²) < 4.78 is 0. The van der Waals surface area contributed by atoms with Crippen LogP contribution in [0.1, 0.15) is 0 Å². The summed E-state index contributed by atoms with van der Waals surface area (Å²) in [6, 6.07) is 0. The van der Waals surface area contributed by atoms with Gasteiger partial charge in [0.1, 0.15) is 0 Å². The van der Waals surface area contributed by atoms with Crippen LogP contribution in [0.4, 0.5) is 0 Å². The summed E-state index contributed by atoms with van der Waals surface area (Å²) in [4.78, 5) is 18.6. The molecule has 0 heterocycles. The fourth-order valence-corrected chi connectivity index (χ4v) is 0.0636. The van der Waals surface area contributed by atoms with Gasteiger partial charge in [-0.05, 0) is 0 Å². The Morgan fingerprint density at radius 3 is 2.33 bits per heavy atom. The van der Waals surface area contributed by atoms with E-state index in [1.807, 2.05) is 0 Å². The van der Waals surface area contributed by atoms with Gasteiger partial charge in [-0.3, -0.25) is 4.79 Å². The smallest absolute Gasteiger partial charge is 0.242 e. The summed E-state index contributed by atoms with van der Waals surface area (Å²) in [6.45, 7) is -0.417. The number of rotatable bonds is 2. The van der Waals surface area contributed by atoms with Crippen LogP contribution in [0.3, 0.4) is 0 Å². The standard InChI is InChI=1S/C2H4N2O2/c3-2(5)1-4-6/h1H2,(H2,3,5). The molecule has 0 bridgehead atoms. The minimum Gasteiger partial charge on any atom is -0.368 e. The molecule has 2 N–H and O–H groups in total. The van der Waals surface area contributed by atoms with E-state index in [4.69, 9.17) is 4.91 Å². The molecule has 0 aromatic carbocycles. The van der Waals surface area contributed by atoms with Crippen molar-refractivity contribution in [1.82, 2.24) is 0 Å². The second-order valence-electron chi connectivity index (χ2n) is 0.754. The molecule has 4 nitrogen and oxygen atoms in total. The summed E-state index contributed by atoms with van der Waals surface area (Å²) in [5, 5.41) is 2.21. The van der Waals surface area contributed by atoms with Gasteiger partial charge in [-0.2, -0.15) is 4.91 Å². The van der Waals surface area contributed by atoms with Crippen LogP contribution in [0.15, 0.2) is 5.18 Å². The number of primary amides is 1. The lowest BCUT2D eigenvalue weighted by atomic mass is 10.7. The molecule has 0 spiro atoms. The Morgan fingerprint density at radius 1 is 1.83 bits per heavy atom. The van der Waals surface area contributed by atoms with Crippen LogP contribution in [0.5, 0.6) is 0 Å². The molecule has 0 aromatic rings. The summed E-state index contributed by atoms with van der Waals surface area (Å²) in [6.07, 6.45) is 0. The number of carbonyl (C=O) groups excluding carboxylic acids is 1. The molecule has 0 saturated heterocycles. The molecule has 0 aliphatic rings. The van der Waals surface area contributed by atoms with Crippen LogP contribution in [-0.2, 0) is 4.79 Å². The molecule has 0 fully saturated rings. The summed E-state index contributed by atoms with van der Waals surface area (Å²) in [5.74, 6) is -0.690. The van der Waals surface area contributed by atoms with Crippen LogP contribution >= 0.6 is 0 Å². The second-order valence-corrected chi connectivity index (χ2v) is 0.754. The average molecular weight is 88.1 g/mol. The molecule has 34 valence electrons. The lowest BCUT2D eigenvalue weighted by molar-refractivity contribution is -0.116. The van der Waals surface area contributed by atoms with E-state index < -0.39 is 12.5 Å². The number of nitroso groups, excluding NO2 is 1. The first kappa shape index (κ1) is 5.07. The molecule has 0 aliphatic heterocycles. The van der Waals surface area contributed by atoms with Gasteiger partial charge in [-0.15, -0.1) is 0 Å². The minimum atomic E-state index is -0.690. The van der Waals surface area contributed by atoms with Crippen molar-refractivity contribution >= 4 is 5.91 Å². The number of nitrogens with two attached hydrogens (primary N) is 1. The van der Waals surface area contributed by atoms with Crippen LogP contribution < -0.4 is 5.73 Å².